The maximum Gasteiger partial charge on any atom is 0.0971 e. The van der Waals surface area contributed by atoms with E-state index >= 15 is 0 Å². The maximum atomic E-state index is 4.66. The van der Waals surface area contributed by atoms with Crippen molar-refractivity contribution in [3.8, 4) is 0 Å². The van der Waals surface area contributed by atoms with E-state index in [2.05, 4.69) is 57.2 Å². The van der Waals surface area contributed by atoms with Crippen molar-refractivity contribution in [1.82, 2.24) is 4.98 Å². The molecule has 90 valence electrons. The molecule has 0 saturated carbocycles. The zero-order valence-electron chi connectivity index (χ0n) is 11.3. The first-order valence-electron chi connectivity index (χ1n) is 6.09. The molecule has 0 aliphatic carbocycles. The summed E-state index contributed by atoms with van der Waals surface area (Å²) in [5.41, 5.74) is 5.30. The van der Waals surface area contributed by atoms with Crippen LogP contribution < -0.4 is 0 Å². The second-order valence-corrected chi connectivity index (χ2v) is 5.97. The molecular formula is C15H20N2. The lowest BCUT2D eigenvalue weighted by Crippen LogP contribution is -2.11. The zero-order valence-corrected chi connectivity index (χ0v) is 11.3. The Labute approximate surface area is 104 Å². The van der Waals surface area contributed by atoms with Crippen LogP contribution in [0.5, 0.6) is 0 Å². The monoisotopic (exact) mass is 228 g/mol. The van der Waals surface area contributed by atoms with Crippen LogP contribution in [0, 0.1) is 5.92 Å². The van der Waals surface area contributed by atoms with Crippen molar-refractivity contribution in [2.24, 2.45) is 10.9 Å². The Kier molecular flexibility index (Phi) is 2.69. The van der Waals surface area contributed by atoms with E-state index in [9.17, 15) is 0 Å². The number of aliphatic imine (C=N–C) groups is 1. The van der Waals surface area contributed by atoms with Gasteiger partial charge in [0.1, 0.15) is 0 Å². The molecule has 2 nitrogen and oxygen atoms in total. The summed E-state index contributed by atoms with van der Waals surface area (Å²) < 4.78 is 0. The molecule has 2 heterocycles. The molecular weight excluding hydrogens is 208 g/mol. The second-order valence-electron chi connectivity index (χ2n) is 5.97. The molecule has 0 saturated heterocycles. The van der Waals surface area contributed by atoms with Gasteiger partial charge < -0.3 is 0 Å². The Bertz CT molecular complexity index is 502. The van der Waals surface area contributed by atoms with Gasteiger partial charge in [0, 0.05) is 11.8 Å². The van der Waals surface area contributed by atoms with Crippen LogP contribution in [0.4, 0.5) is 5.69 Å². The lowest BCUT2D eigenvalue weighted by atomic mass is 9.88. The number of aromatic nitrogens is 1. The van der Waals surface area contributed by atoms with Crippen LogP contribution in [0.1, 0.15) is 45.9 Å². The van der Waals surface area contributed by atoms with E-state index in [4.69, 9.17) is 0 Å². The molecule has 2 rings (SSSR count). The predicted octanol–water partition coefficient (Wildman–Crippen LogP) is 4.13. The van der Waals surface area contributed by atoms with Crippen molar-refractivity contribution in [3.63, 3.8) is 0 Å². The molecule has 0 amide bonds. The Morgan fingerprint density at radius 2 is 1.88 bits per heavy atom. The molecule has 0 atom stereocenters. The van der Waals surface area contributed by atoms with E-state index in [1.165, 1.54) is 5.56 Å². The summed E-state index contributed by atoms with van der Waals surface area (Å²) in [6.45, 7) is 14.9. The Morgan fingerprint density at radius 3 is 2.41 bits per heavy atom. The first-order valence-corrected chi connectivity index (χ1v) is 6.09. The fourth-order valence-electron chi connectivity index (χ4n) is 1.98. The van der Waals surface area contributed by atoms with Crippen LogP contribution in [-0.2, 0) is 5.41 Å². The minimum Gasteiger partial charge on any atom is -0.254 e. The number of pyridine rings is 1. The molecule has 1 aliphatic rings. The van der Waals surface area contributed by atoms with Crippen molar-refractivity contribution < 1.29 is 0 Å². The molecule has 0 unspecified atom stereocenters. The van der Waals surface area contributed by atoms with E-state index in [-0.39, 0.29) is 5.41 Å². The number of hydrogen-bond donors (Lipinski definition) is 0. The SMILES string of the molecule is C=C1C(C(C)C)=Nc2cc(C(C)(C)C)cnc21. The van der Waals surface area contributed by atoms with Gasteiger partial charge in [-0.15, -0.1) is 0 Å². The smallest absolute Gasteiger partial charge is 0.0971 e. The van der Waals surface area contributed by atoms with Crippen molar-refractivity contribution in [3.05, 3.63) is 30.1 Å². The Balaban J connectivity index is 2.50. The molecule has 0 bridgehead atoms. The molecule has 1 aromatic rings. The fraction of sp³-hybridized carbons (Fsp3) is 0.467. The molecule has 0 aromatic carbocycles. The van der Waals surface area contributed by atoms with E-state index in [0.29, 0.717) is 5.92 Å². The van der Waals surface area contributed by atoms with Crippen LogP contribution in [0.3, 0.4) is 0 Å². The average Bonchev–Trinajstić information content (AvgIpc) is 2.54. The molecule has 0 N–H and O–H groups in total. The number of allylic oxidation sites excluding steroid dienone is 1. The fourth-order valence-corrected chi connectivity index (χ4v) is 1.98. The predicted molar refractivity (Wildman–Crippen MR) is 73.9 cm³/mol. The highest BCUT2D eigenvalue weighted by Crippen LogP contribution is 2.37. The van der Waals surface area contributed by atoms with Gasteiger partial charge in [-0.3, -0.25) is 9.98 Å². The topological polar surface area (TPSA) is 25.2 Å². The summed E-state index contributed by atoms with van der Waals surface area (Å²) >= 11 is 0. The van der Waals surface area contributed by atoms with Gasteiger partial charge in [-0.25, -0.2) is 0 Å². The van der Waals surface area contributed by atoms with Gasteiger partial charge in [-0.2, -0.15) is 0 Å². The molecule has 0 spiro atoms. The largest absolute Gasteiger partial charge is 0.254 e. The highest BCUT2D eigenvalue weighted by molar-refractivity contribution is 6.28. The quantitative estimate of drug-likeness (QED) is 0.709. The lowest BCUT2D eigenvalue weighted by molar-refractivity contribution is 0.587. The van der Waals surface area contributed by atoms with Gasteiger partial charge in [0.25, 0.3) is 0 Å². The third-order valence-corrected chi connectivity index (χ3v) is 3.12. The third kappa shape index (κ3) is 2.04. The summed E-state index contributed by atoms with van der Waals surface area (Å²) in [5.74, 6) is 0.398. The van der Waals surface area contributed by atoms with Gasteiger partial charge in [0.05, 0.1) is 17.1 Å². The second kappa shape index (κ2) is 3.80. The number of rotatable bonds is 1. The van der Waals surface area contributed by atoms with Crippen molar-refractivity contribution >= 4 is 17.0 Å². The molecule has 17 heavy (non-hydrogen) atoms. The molecule has 2 heteroatoms. The third-order valence-electron chi connectivity index (χ3n) is 3.12. The van der Waals surface area contributed by atoms with Crippen LogP contribution in [0.15, 0.2) is 23.8 Å². The summed E-state index contributed by atoms with van der Waals surface area (Å²) in [5, 5.41) is 0. The standard InChI is InChI=1S/C15H20N2/c1-9(2)13-10(3)14-12(17-13)7-11(8-16-14)15(4,5)6/h7-9H,3H2,1-2,4-6H3. The molecule has 1 aliphatic heterocycles. The molecule has 1 aromatic heterocycles. The van der Waals surface area contributed by atoms with Crippen LogP contribution in [-0.4, -0.2) is 10.7 Å². The van der Waals surface area contributed by atoms with E-state index in [1.807, 2.05) is 6.20 Å². The van der Waals surface area contributed by atoms with E-state index in [1.54, 1.807) is 0 Å². The van der Waals surface area contributed by atoms with E-state index < -0.39 is 0 Å². The van der Waals surface area contributed by atoms with Crippen molar-refractivity contribution in [2.75, 3.05) is 0 Å². The first kappa shape index (κ1) is 12.0. The first-order chi connectivity index (χ1) is 7.80. The molecule has 0 fully saturated rings. The highest BCUT2D eigenvalue weighted by atomic mass is 14.9. The van der Waals surface area contributed by atoms with Crippen molar-refractivity contribution in [1.29, 1.82) is 0 Å². The maximum absolute atomic E-state index is 4.66. The number of fused-ring (bicyclic) bond motifs is 1. The average molecular weight is 228 g/mol. The minimum absolute atomic E-state index is 0.111. The van der Waals surface area contributed by atoms with Gasteiger partial charge in [0.15, 0.2) is 0 Å². The summed E-state index contributed by atoms with van der Waals surface area (Å²) in [6.07, 6.45) is 1.95. The van der Waals surface area contributed by atoms with Crippen LogP contribution in [0.25, 0.3) is 5.57 Å². The Hall–Kier alpha value is -1.44. The summed E-state index contributed by atoms with van der Waals surface area (Å²) in [4.78, 5) is 9.19. The number of nitrogens with zero attached hydrogens (tertiary/aromatic N) is 2. The normalized spacial score (nSPS) is 15.2. The highest BCUT2D eigenvalue weighted by Gasteiger charge is 2.24. The van der Waals surface area contributed by atoms with E-state index in [0.717, 1.165) is 22.7 Å². The van der Waals surface area contributed by atoms with Gasteiger partial charge >= 0.3 is 0 Å². The number of hydrogen-bond acceptors (Lipinski definition) is 2. The Morgan fingerprint density at radius 1 is 1.24 bits per heavy atom. The van der Waals surface area contributed by atoms with Gasteiger partial charge in [-0.1, -0.05) is 41.2 Å². The van der Waals surface area contributed by atoms with Crippen molar-refractivity contribution in [2.45, 2.75) is 40.0 Å². The van der Waals surface area contributed by atoms with Crippen LogP contribution in [0.2, 0.25) is 0 Å². The summed E-state index contributed by atoms with van der Waals surface area (Å²) in [7, 11) is 0. The summed E-state index contributed by atoms with van der Waals surface area (Å²) in [6, 6.07) is 2.14. The van der Waals surface area contributed by atoms with Crippen LogP contribution >= 0.6 is 0 Å². The zero-order chi connectivity index (χ0) is 12.8. The molecule has 0 radical (unpaired) electrons. The van der Waals surface area contributed by atoms with Gasteiger partial charge in [0.2, 0.25) is 0 Å². The van der Waals surface area contributed by atoms with Gasteiger partial charge in [-0.05, 0) is 23.0 Å². The lowest BCUT2D eigenvalue weighted by Gasteiger charge is -2.18. The minimum atomic E-state index is 0.111.